The Labute approximate surface area is 171 Å². The van der Waals surface area contributed by atoms with Crippen LogP contribution in [0.15, 0.2) is 48.5 Å². The van der Waals surface area contributed by atoms with Gasteiger partial charge in [0.05, 0.1) is 12.2 Å². The molecule has 1 saturated heterocycles. The lowest BCUT2D eigenvalue weighted by atomic mass is 9.99. The van der Waals surface area contributed by atoms with Gasteiger partial charge in [-0.1, -0.05) is 18.2 Å². The maximum Gasteiger partial charge on any atom is 0.229 e. The highest BCUT2D eigenvalue weighted by Gasteiger charge is 2.44. The summed E-state index contributed by atoms with van der Waals surface area (Å²) < 4.78 is 10.6. The van der Waals surface area contributed by atoms with Crippen LogP contribution in [0.1, 0.15) is 15.9 Å². The number of hydrogen-bond donors (Lipinski definition) is 6. The first kappa shape index (κ1) is 21.8. The van der Waals surface area contributed by atoms with Crippen LogP contribution in [0.2, 0.25) is 0 Å². The van der Waals surface area contributed by atoms with Crippen molar-refractivity contribution in [1.82, 2.24) is 0 Å². The van der Waals surface area contributed by atoms with E-state index in [0.29, 0.717) is 5.56 Å². The summed E-state index contributed by atoms with van der Waals surface area (Å²) in [4.78, 5) is 12.3. The number of allylic oxidation sites excluding steroid dienone is 1. The fourth-order valence-electron chi connectivity index (χ4n) is 2.94. The van der Waals surface area contributed by atoms with Gasteiger partial charge in [-0.3, -0.25) is 4.79 Å². The SMILES string of the molecule is O=C(/C=C/c1ccc(O)cc1)c1ccc(O[C@H]2O[C@@H](CO)[C@H](O)[C@@H](O)[C@@H]2O)cc1O. The first-order valence-corrected chi connectivity index (χ1v) is 9.12. The number of rotatable bonds is 6. The molecule has 0 spiro atoms. The van der Waals surface area contributed by atoms with Gasteiger partial charge in [0.15, 0.2) is 5.78 Å². The van der Waals surface area contributed by atoms with E-state index in [1.807, 2.05) is 0 Å². The Morgan fingerprint density at radius 3 is 2.33 bits per heavy atom. The molecule has 0 unspecified atom stereocenters. The van der Waals surface area contributed by atoms with Crippen molar-refractivity contribution in [3.05, 3.63) is 59.7 Å². The number of ketones is 1. The van der Waals surface area contributed by atoms with Crippen LogP contribution < -0.4 is 4.74 Å². The van der Waals surface area contributed by atoms with Gasteiger partial charge in [-0.2, -0.15) is 0 Å². The van der Waals surface area contributed by atoms with Crippen LogP contribution in [0.4, 0.5) is 0 Å². The highest BCUT2D eigenvalue weighted by molar-refractivity contribution is 6.08. The highest BCUT2D eigenvalue weighted by Crippen LogP contribution is 2.28. The number of benzene rings is 2. The average Bonchev–Trinajstić information content (AvgIpc) is 2.73. The number of aromatic hydroxyl groups is 2. The summed E-state index contributed by atoms with van der Waals surface area (Å²) >= 11 is 0. The van der Waals surface area contributed by atoms with E-state index in [1.165, 1.54) is 36.4 Å². The van der Waals surface area contributed by atoms with Gasteiger partial charge in [0.25, 0.3) is 0 Å². The smallest absolute Gasteiger partial charge is 0.229 e. The van der Waals surface area contributed by atoms with Gasteiger partial charge in [0.2, 0.25) is 6.29 Å². The van der Waals surface area contributed by atoms with E-state index in [4.69, 9.17) is 9.47 Å². The molecule has 0 radical (unpaired) electrons. The van der Waals surface area contributed by atoms with Crippen LogP contribution >= 0.6 is 0 Å². The largest absolute Gasteiger partial charge is 0.508 e. The standard InChI is InChI=1S/C21H22O9/c22-10-17-18(26)19(27)20(28)21(30-17)29-13-6-7-14(16(25)9-13)15(24)8-3-11-1-4-12(23)5-2-11/h1-9,17-23,25-28H,10H2/b8-3+/t17-,18-,19+,20-,21-/m0/s1. The summed E-state index contributed by atoms with van der Waals surface area (Å²) in [5.41, 5.74) is 0.689. The predicted octanol–water partition coefficient (Wildman–Crippen LogP) is 0.173. The van der Waals surface area contributed by atoms with Crippen molar-refractivity contribution < 1.29 is 44.9 Å². The van der Waals surface area contributed by atoms with Crippen molar-refractivity contribution in [2.75, 3.05) is 6.61 Å². The second kappa shape index (κ2) is 9.24. The molecule has 160 valence electrons. The number of carbonyl (C=O) groups excluding carboxylic acids is 1. The van der Waals surface area contributed by atoms with Crippen molar-refractivity contribution in [1.29, 1.82) is 0 Å². The maximum absolute atomic E-state index is 12.3. The van der Waals surface area contributed by atoms with Gasteiger partial charge in [-0.05, 0) is 35.9 Å². The zero-order valence-corrected chi connectivity index (χ0v) is 15.7. The first-order valence-electron chi connectivity index (χ1n) is 9.12. The molecule has 1 aliphatic heterocycles. The van der Waals surface area contributed by atoms with Crippen LogP contribution in [-0.2, 0) is 4.74 Å². The van der Waals surface area contributed by atoms with Gasteiger partial charge < -0.3 is 40.1 Å². The summed E-state index contributed by atoms with van der Waals surface area (Å²) in [6.45, 7) is -0.600. The zero-order valence-electron chi connectivity index (χ0n) is 15.7. The topological polar surface area (TPSA) is 157 Å². The number of aliphatic hydroxyl groups is 4. The van der Waals surface area contributed by atoms with E-state index >= 15 is 0 Å². The Morgan fingerprint density at radius 2 is 1.70 bits per heavy atom. The van der Waals surface area contributed by atoms with Crippen molar-refractivity contribution in [3.63, 3.8) is 0 Å². The Balaban J connectivity index is 1.70. The molecule has 0 aliphatic carbocycles. The molecular formula is C21H22O9. The van der Waals surface area contributed by atoms with E-state index in [2.05, 4.69) is 0 Å². The molecule has 2 aromatic carbocycles. The van der Waals surface area contributed by atoms with Gasteiger partial charge in [-0.25, -0.2) is 0 Å². The summed E-state index contributed by atoms with van der Waals surface area (Å²) in [7, 11) is 0. The van der Waals surface area contributed by atoms with Gasteiger partial charge in [-0.15, -0.1) is 0 Å². The molecule has 0 bridgehead atoms. The minimum Gasteiger partial charge on any atom is -0.508 e. The van der Waals surface area contributed by atoms with Crippen molar-refractivity contribution in [3.8, 4) is 17.2 Å². The van der Waals surface area contributed by atoms with Crippen LogP contribution in [0.5, 0.6) is 17.2 Å². The molecule has 0 aromatic heterocycles. The molecule has 0 saturated carbocycles. The van der Waals surface area contributed by atoms with Crippen LogP contribution in [-0.4, -0.2) is 73.7 Å². The number of aliphatic hydroxyl groups excluding tert-OH is 4. The molecule has 9 nitrogen and oxygen atoms in total. The molecule has 6 N–H and O–H groups in total. The summed E-state index contributed by atoms with van der Waals surface area (Å²) in [5, 5.41) is 58.2. The normalized spacial score (nSPS) is 26.6. The van der Waals surface area contributed by atoms with Crippen molar-refractivity contribution in [2.45, 2.75) is 30.7 Å². The van der Waals surface area contributed by atoms with E-state index in [-0.39, 0.29) is 22.8 Å². The van der Waals surface area contributed by atoms with E-state index in [1.54, 1.807) is 12.1 Å². The van der Waals surface area contributed by atoms with E-state index in [0.717, 1.165) is 6.07 Å². The molecule has 0 amide bonds. The summed E-state index contributed by atoms with van der Waals surface area (Å²) in [5.74, 6) is -0.709. The number of carbonyl (C=O) groups is 1. The predicted molar refractivity (Wildman–Crippen MR) is 104 cm³/mol. The molecule has 30 heavy (non-hydrogen) atoms. The summed E-state index contributed by atoms with van der Waals surface area (Å²) in [6.07, 6.45) is -4.46. The molecule has 5 atom stereocenters. The lowest BCUT2D eigenvalue weighted by Gasteiger charge is -2.39. The molecule has 2 aromatic rings. The monoisotopic (exact) mass is 418 g/mol. The fourth-order valence-corrected chi connectivity index (χ4v) is 2.94. The Bertz CT molecular complexity index is 907. The average molecular weight is 418 g/mol. The fraction of sp³-hybridized carbons (Fsp3) is 0.286. The minimum atomic E-state index is -1.60. The third-order valence-corrected chi connectivity index (χ3v) is 4.66. The Kier molecular flexibility index (Phi) is 6.70. The molecule has 1 aliphatic rings. The van der Waals surface area contributed by atoms with Crippen molar-refractivity contribution in [2.24, 2.45) is 0 Å². The van der Waals surface area contributed by atoms with Crippen LogP contribution in [0, 0.1) is 0 Å². The molecule has 1 heterocycles. The Hall–Kier alpha value is -2.95. The zero-order chi connectivity index (χ0) is 21.8. The lowest BCUT2D eigenvalue weighted by molar-refractivity contribution is -0.277. The van der Waals surface area contributed by atoms with Gasteiger partial charge in [0, 0.05) is 6.07 Å². The lowest BCUT2D eigenvalue weighted by Crippen LogP contribution is -2.60. The third-order valence-electron chi connectivity index (χ3n) is 4.66. The second-order valence-electron chi connectivity index (χ2n) is 6.78. The second-order valence-corrected chi connectivity index (χ2v) is 6.78. The highest BCUT2D eigenvalue weighted by atomic mass is 16.7. The first-order chi connectivity index (χ1) is 14.3. The van der Waals surface area contributed by atoms with E-state index < -0.39 is 43.1 Å². The maximum atomic E-state index is 12.3. The molecule has 9 heteroatoms. The number of hydrogen-bond acceptors (Lipinski definition) is 9. The van der Waals surface area contributed by atoms with Crippen molar-refractivity contribution >= 4 is 11.9 Å². The van der Waals surface area contributed by atoms with Gasteiger partial charge in [0.1, 0.15) is 41.7 Å². The molecular weight excluding hydrogens is 396 g/mol. The quantitative estimate of drug-likeness (QED) is 0.284. The Morgan fingerprint density at radius 1 is 1.00 bits per heavy atom. The van der Waals surface area contributed by atoms with E-state index in [9.17, 15) is 35.4 Å². The molecule has 1 fully saturated rings. The van der Waals surface area contributed by atoms with Crippen LogP contribution in [0.3, 0.4) is 0 Å². The summed E-state index contributed by atoms with van der Waals surface area (Å²) in [6, 6.07) is 10.0. The van der Waals surface area contributed by atoms with Gasteiger partial charge >= 0.3 is 0 Å². The third kappa shape index (κ3) is 4.78. The minimum absolute atomic E-state index is 0.00572. The molecule has 3 rings (SSSR count). The van der Waals surface area contributed by atoms with Crippen LogP contribution in [0.25, 0.3) is 6.08 Å². The number of phenolic OH excluding ortho intramolecular Hbond substituents is 2. The number of phenols is 2. The number of ether oxygens (including phenoxy) is 2.